The lowest BCUT2D eigenvalue weighted by molar-refractivity contribution is 0.0687. The third-order valence-corrected chi connectivity index (χ3v) is 4.41. The molecule has 4 aromatic rings. The van der Waals surface area contributed by atoms with Gasteiger partial charge in [-0.15, -0.1) is 5.10 Å². The van der Waals surface area contributed by atoms with Gasteiger partial charge in [0.15, 0.2) is 11.3 Å². The van der Waals surface area contributed by atoms with Crippen LogP contribution in [-0.2, 0) is 6.54 Å². The van der Waals surface area contributed by atoms with E-state index in [1.54, 1.807) is 0 Å². The van der Waals surface area contributed by atoms with Crippen molar-refractivity contribution < 1.29 is 19.1 Å². The first-order valence-electron chi connectivity index (χ1n) is 8.63. The second kappa shape index (κ2) is 7.29. The van der Waals surface area contributed by atoms with Gasteiger partial charge < -0.3 is 21.5 Å². The maximum Gasteiger partial charge on any atom is 0.354 e. The molecule has 156 valence electrons. The van der Waals surface area contributed by atoms with Crippen molar-refractivity contribution in [3.05, 3.63) is 73.7 Å². The number of carbonyl (C=O) groups is 2. The number of amides is 1. The fourth-order valence-electron chi connectivity index (χ4n) is 2.81. The number of rotatable bonds is 6. The summed E-state index contributed by atoms with van der Waals surface area (Å²) < 4.78 is 15.0. The summed E-state index contributed by atoms with van der Waals surface area (Å²) in [7, 11) is 0. The van der Waals surface area contributed by atoms with Crippen molar-refractivity contribution >= 4 is 34.6 Å². The molecule has 0 atom stereocenters. The molecule has 0 aliphatic heterocycles. The predicted molar refractivity (Wildman–Crippen MR) is 104 cm³/mol. The van der Waals surface area contributed by atoms with Crippen LogP contribution in [0.2, 0.25) is 0 Å². The monoisotopic (exact) mass is 425 g/mol. The van der Waals surface area contributed by atoms with Crippen molar-refractivity contribution in [1.82, 2.24) is 25.1 Å². The number of nitrogens with zero attached hydrogens (tertiary/aromatic N) is 4. The Morgan fingerprint density at radius 1 is 1.19 bits per heavy atom. The Bertz CT molecular complexity index is 1440. The number of anilines is 3. The van der Waals surface area contributed by atoms with E-state index in [9.17, 15) is 28.7 Å². The smallest absolute Gasteiger partial charge is 0.354 e. The minimum Gasteiger partial charge on any atom is -0.477 e. The van der Waals surface area contributed by atoms with Crippen LogP contribution in [0.5, 0.6) is 0 Å². The molecule has 0 bridgehead atoms. The summed E-state index contributed by atoms with van der Waals surface area (Å²) in [6, 6.07) is 4.88. The molecule has 2 heterocycles. The summed E-state index contributed by atoms with van der Waals surface area (Å²) >= 11 is 0. The Kier molecular flexibility index (Phi) is 4.62. The number of aromatic carboxylic acids is 1. The van der Waals surface area contributed by atoms with Crippen molar-refractivity contribution in [2.24, 2.45) is 0 Å². The summed E-state index contributed by atoms with van der Waals surface area (Å²) in [6.07, 6.45) is 1.20. The number of carbonyl (C=O) groups excluding carboxylic acids is 1. The number of nitrogens with two attached hydrogens (primary N) is 1. The highest BCUT2D eigenvalue weighted by Gasteiger charge is 2.20. The number of hydrogen-bond donors (Lipinski definition) is 4. The molecule has 0 aliphatic rings. The number of carboxylic acid groups (broad SMARTS) is 1. The first-order chi connectivity index (χ1) is 14.8. The van der Waals surface area contributed by atoms with Gasteiger partial charge in [-0.2, -0.15) is 4.52 Å². The van der Waals surface area contributed by atoms with E-state index in [1.807, 2.05) is 0 Å². The molecule has 2 aromatic carbocycles. The van der Waals surface area contributed by atoms with Crippen LogP contribution >= 0.6 is 0 Å². The van der Waals surface area contributed by atoms with Crippen LogP contribution in [0.1, 0.15) is 26.5 Å². The third-order valence-electron chi connectivity index (χ3n) is 4.41. The van der Waals surface area contributed by atoms with E-state index >= 15 is 0 Å². The van der Waals surface area contributed by atoms with E-state index in [0.29, 0.717) is 5.56 Å². The Hall–Kier alpha value is -4.68. The molecule has 0 saturated carbocycles. The molecule has 1 amide bonds. The van der Waals surface area contributed by atoms with E-state index in [2.05, 4.69) is 25.9 Å². The SMILES string of the molecule is Nc1c(Nc2cc(CNC(=O)c3cc(C(=O)O)n4nncc4n3)ccc2F)c(=O)c1=O. The van der Waals surface area contributed by atoms with Gasteiger partial charge in [-0.05, 0) is 17.7 Å². The zero-order valence-electron chi connectivity index (χ0n) is 15.4. The lowest BCUT2D eigenvalue weighted by Crippen LogP contribution is -2.36. The molecule has 0 saturated heterocycles. The van der Waals surface area contributed by atoms with Gasteiger partial charge in [-0.3, -0.25) is 14.4 Å². The van der Waals surface area contributed by atoms with E-state index in [-0.39, 0.29) is 40.6 Å². The van der Waals surface area contributed by atoms with Crippen molar-refractivity contribution in [2.45, 2.75) is 6.54 Å². The molecule has 0 radical (unpaired) electrons. The highest BCUT2D eigenvalue weighted by Crippen LogP contribution is 2.22. The molecular formula is C18H12FN7O5. The minimum absolute atomic E-state index is 0.0675. The maximum absolute atomic E-state index is 14.1. The number of hydrogen-bond acceptors (Lipinski definition) is 9. The second-order valence-corrected chi connectivity index (χ2v) is 6.40. The number of nitrogens with one attached hydrogen (secondary N) is 2. The molecule has 2 aromatic heterocycles. The molecule has 4 rings (SSSR count). The lowest BCUT2D eigenvalue weighted by atomic mass is 10.1. The largest absolute Gasteiger partial charge is 0.477 e. The maximum atomic E-state index is 14.1. The zero-order chi connectivity index (χ0) is 22.3. The standard InChI is InChI=1S/C18H12FN7O5/c19-8-2-1-7(3-9(8)24-14-13(20)15(27)16(14)28)5-21-17(29)10-4-11(18(30)31)26-12(23-10)6-22-25-26/h1-4,6,24H,5,20H2,(H,21,29)(H,30,31). The van der Waals surface area contributed by atoms with Crippen LogP contribution in [0.25, 0.3) is 5.65 Å². The highest BCUT2D eigenvalue weighted by atomic mass is 19.1. The molecule has 31 heavy (non-hydrogen) atoms. The average Bonchev–Trinajstić information content (AvgIpc) is 3.24. The van der Waals surface area contributed by atoms with Gasteiger partial charge in [-0.25, -0.2) is 14.2 Å². The quantitative estimate of drug-likeness (QED) is 0.302. The number of benzene rings is 1. The third kappa shape index (κ3) is 3.43. The molecule has 5 N–H and O–H groups in total. The fourth-order valence-corrected chi connectivity index (χ4v) is 2.81. The molecule has 12 nitrogen and oxygen atoms in total. The average molecular weight is 425 g/mol. The van der Waals surface area contributed by atoms with Gasteiger partial charge in [0.2, 0.25) is 0 Å². The number of nitrogen functional groups attached to an aromatic ring is 1. The number of halogens is 1. The van der Waals surface area contributed by atoms with Gasteiger partial charge in [0.25, 0.3) is 16.8 Å². The fraction of sp³-hybridized carbons (Fsp3) is 0.0556. The summed E-state index contributed by atoms with van der Waals surface area (Å²) in [5, 5.41) is 21.4. The van der Waals surface area contributed by atoms with Gasteiger partial charge in [0.1, 0.15) is 22.9 Å². The molecule has 0 spiro atoms. The number of carboxylic acids is 1. The van der Waals surface area contributed by atoms with Crippen LogP contribution in [0.3, 0.4) is 0 Å². The summed E-state index contributed by atoms with van der Waals surface area (Å²) in [6.45, 7) is -0.0675. The van der Waals surface area contributed by atoms with Gasteiger partial charge in [0.05, 0.1) is 11.9 Å². The van der Waals surface area contributed by atoms with E-state index in [1.165, 1.54) is 18.3 Å². The predicted octanol–water partition coefficient (Wildman–Crippen LogP) is -0.187. The Labute approximate surface area is 170 Å². The van der Waals surface area contributed by atoms with Crippen LogP contribution in [0, 0.1) is 5.82 Å². The number of aromatic nitrogens is 4. The van der Waals surface area contributed by atoms with Crippen LogP contribution in [0.4, 0.5) is 21.5 Å². The second-order valence-electron chi connectivity index (χ2n) is 6.40. The van der Waals surface area contributed by atoms with Crippen molar-refractivity contribution in [3.8, 4) is 0 Å². The van der Waals surface area contributed by atoms with Gasteiger partial charge >= 0.3 is 5.97 Å². The van der Waals surface area contributed by atoms with Gasteiger partial charge in [0, 0.05) is 12.6 Å². The minimum atomic E-state index is -1.32. The first kappa shape index (κ1) is 19.6. The molecular weight excluding hydrogens is 413 g/mol. The van der Waals surface area contributed by atoms with Crippen LogP contribution in [0.15, 0.2) is 40.1 Å². The summed E-state index contributed by atoms with van der Waals surface area (Å²) in [5.74, 6) is -2.70. The number of fused-ring (bicyclic) bond motifs is 1. The summed E-state index contributed by atoms with van der Waals surface area (Å²) in [5.41, 5.74) is 3.19. The van der Waals surface area contributed by atoms with Crippen molar-refractivity contribution in [1.29, 1.82) is 0 Å². The van der Waals surface area contributed by atoms with Gasteiger partial charge in [-0.1, -0.05) is 11.3 Å². The molecule has 0 unspecified atom stereocenters. The van der Waals surface area contributed by atoms with Crippen molar-refractivity contribution in [2.75, 3.05) is 11.1 Å². The van der Waals surface area contributed by atoms with E-state index < -0.39 is 28.6 Å². The topological polar surface area (TPSA) is 182 Å². The Morgan fingerprint density at radius 3 is 2.68 bits per heavy atom. The van der Waals surface area contributed by atoms with E-state index in [0.717, 1.165) is 16.6 Å². The van der Waals surface area contributed by atoms with Crippen molar-refractivity contribution in [3.63, 3.8) is 0 Å². The molecule has 0 fully saturated rings. The molecule has 0 aliphatic carbocycles. The molecule has 13 heteroatoms. The normalized spacial score (nSPS) is 11.0. The lowest BCUT2D eigenvalue weighted by Gasteiger charge is -2.12. The van der Waals surface area contributed by atoms with Crippen LogP contribution < -0.4 is 27.2 Å². The zero-order valence-corrected chi connectivity index (χ0v) is 15.4. The Balaban J connectivity index is 1.52. The Morgan fingerprint density at radius 2 is 1.97 bits per heavy atom. The first-order valence-corrected chi connectivity index (χ1v) is 8.63. The highest BCUT2D eigenvalue weighted by molar-refractivity contribution is 5.95. The summed E-state index contributed by atoms with van der Waals surface area (Å²) in [4.78, 5) is 50.5. The van der Waals surface area contributed by atoms with E-state index in [4.69, 9.17) is 5.73 Å². The van der Waals surface area contributed by atoms with Crippen LogP contribution in [-0.4, -0.2) is 36.8 Å².